The van der Waals surface area contributed by atoms with E-state index in [0.29, 0.717) is 22.1 Å². The third-order valence-electron chi connectivity index (χ3n) is 4.53. The molecular weight excluding hydrogens is 449 g/mol. The molecule has 1 atom stereocenters. The van der Waals surface area contributed by atoms with E-state index in [2.05, 4.69) is 26.1 Å². The Kier molecular flexibility index (Phi) is 7.67. The number of esters is 1. The Balaban J connectivity index is 1.62. The third-order valence-corrected chi connectivity index (χ3v) is 4.74. The van der Waals surface area contributed by atoms with Gasteiger partial charge in [-0.25, -0.2) is 9.18 Å². The maximum atomic E-state index is 13.0. The number of rotatable bonds is 7. The molecule has 0 aliphatic rings. The van der Waals surface area contributed by atoms with E-state index in [1.54, 1.807) is 50.2 Å². The second-order valence-corrected chi connectivity index (χ2v) is 7.71. The molecule has 0 radical (unpaired) electrons. The van der Waals surface area contributed by atoms with Gasteiger partial charge in [-0.3, -0.25) is 4.79 Å². The van der Waals surface area contributed by atoms with Crippen molar-refractivity contribution in [3.63, 3.8) is 0 Å². The molecule has 0 saturated carbocycles. The molecule has 3 rings (SSSR count). The van der Waals surface area contributed by atoms with E-state index in [0.717, 1.165) is 0 Å². The lowest BCUT2D eigenvalue weighted by Gasteiger charge is -2.18. The van der Waals surface area contributed by atoms with Crippen LogP contribution < -0.4 is 16.0 Å². The molecule has 3 N–H and O–H groups in total. The van der Waals surface area contributed by atoms with Gasteiger partial charge in [-0.15, -0.1) is 0 Å². The molecule has 33 heavy (non-hydrogen) atoms. The molecule has 11 heteroatoms. The maximum Gasteiger partial charge on any atom is 0.328 e. The molecule has 3 aromatic rings. The minimum Gasteiger partial charge on any atom is -0.467 e. The predicted molar refractivity (Wildman–Crippen MR) is 124 cm³/mol. The summed E-state index contributed by atoms with van der Waals surface area (Å²) in [5.41, 5.74) is 1.95. The molecule has 172 valence electrons. The number of amides is 1. The molecule has 0 unspecified atom stereocenters. The average Bonchev–Trinajstić information content (AvgIpc) is 3.29. The second-order valence-electron chi connectivity index (χ2n) is 7.30. The number of aromatic nitrogens is 2. The molecule has 0 saturated heterocycles. The van der Waals surface area contributed by atoms with Gasteiger partial charge in [-0.1, -0.05) is 19.0 Å². The topological polar surface area (TPSA) is 118 Å². The van der Waals surface area contributed by atoms with Crippen molar-refractivity contribution in [3.05, 3.63) is 60.2 Å². The smallest absolute Gasteiger partial charge is 0.328 e. The molecular formula is C22H22FN5O4S. The number of hydrogen-bond acceptors (Lipinski definition) is 7. The fourth-order valence-electron chi connectivity index (χ4n) is 2.79. The summed E-state index contributed by atoms with van der Waals surface area (Å²) in [6.45, 7) is 3.55. The standard InChI is InChI=1S/C22H22FN5O4S/c1-12(2)17(21(30)31-3)26-19(29)20-27-18(28-32-20)13-4-8-15(9-5-13)24-22(33)25-16-10-6-14(23)7-11-16/h4-12,17H,1-3H3,(H,26,29)(H2,24,25,33)/t17-/m0/s1. The maximum absolute atomic E-state index is 13.0. The summed E-state index contributed by atoms with van der Waals surface area (Å²) in [5.74, 6) is -1.82. The van der Waals surface area contributed by atoms with E-state index in [1.807, 2.05) is 0 Å². The van der Waals surface area contributed by atoms with Gasteiger partial charge in [0.15, 0.2) is 5.11 Å². The number of halogens is 1. The van der Waals surface area contributed by atoms with Crippen molar-refractivity contribution in [2.75, 3.05) is 17.7 Å². The molecule has 0 bridgehead atoms. The SMILES string of the molecule is COC(=O)[C@@H](NC(=O)c1nc(-c2ccc(NC(=S)Nc3ccc(F)cc3)cc2)no1)C(C)C. The number of benzene rings is 2. The summed E-state index contributed by atoms with van der Waals surface area (Å²) < 4.78 is 22.7. The number of carbonyl (C=O) groups is 2. The van der Waals surface area contributed by atoms with Crippen LogP contribution in [0, 0.1) is 11.7 Å². The van der Waals surface area contributed by atoms with Crippen molar-refractivity contribution < 1.29 is 23.2 Å². The minimum atomic E-state index is -0.837. The van der Waals surface area contributed by atoms with Crippen LogP contribution in [-0.2, 0) is 9.53 Å². The van der Waals surface area contributed by atoms with Crippen LogP contribution in [0.25, 0.3) is 11.4 Å². The summed E-state index contributed by atoms with van der Waals surface area (Å²) in [6.07, 6.45) is 0. The Labute approximate surface area is 194 Å². The zero-order chi connectivity index (χ0) is 24.0. The van der Waals surface area contributed by atoms with Gasteiger partial charge in [0.05, 0.1) is 7.11 Å². The molecule has 2 aromatic carbocycles. The zero-order valence-corrected chi connectivity index (χ0v) is 18.9. The molecule has 0 aliphatic carbocycles. The first kappa shape index (κ1) is 23.8. The normalized spacial score (nSPS) is 11.5. The van der Waals surface area contributed by atoms with Crippen LogP contribution in [0.15, 0.2) is 53.1 Å². The van der Waals surface area contributed by atoms with E-state index in [9.17, 15) is 14.0 Å². The van der Waals surface area contributed by atoms with Gasteiger partial charge in [0.1, 0.15) is 11.9 Å². The van der Waals surface area contributed by atoms with Gasteiger partial charge in [-0.05, 0) is 66.7 Å². The van der Waals surface area contributed by atoms with Gasteiger partial charge in [0, 0.05) is 16.9 Å². The number of hydrogen-bond donors (Lipinski definition) is 3. The highest BCUT2D eigenvalue weighted by Crippen LogP contribution is 2.19. The van der Waals surface area contributed by atoms with Crippen molar-refractivity contribution in [2.24, 2.45) is 5.92 Å². The molecule has 0 spiro atoms. The highest BCUT2D eigenvalue weighted by atomic mass is 32.1. The molecule has 0 aliphatic heterocycles. The summed E-state index contributed by atoms with van der Waals surface area (Å²) in [6, 6.07) is 11.9. The Hall–Kier alpha value is -3.86. The number of thiocarbonyl (C=S) groups is 1. The summed E-state index contributed by atoms with van der Waals surface area (Å²) >= 11 is 5.26. The van der Waals surface area contributed by atoms with Crippen molar-refractivity contribution in [2.45, 2.75) is 19.9 Å². The van der Waals surface area contributed by atoms with Crippen LogP contribution in [0.4, 0.5) is 15.8 Å². The van der Waals surface area contributed by atoms with Gasteiger partial charge in [-0.2, -0.15) is 4.98 Å². The monoisotopic (exact) mass is 471 g/mol. The van der Waals surface area contributed by atoms with Gasteiger partial charge < -0.3 is 25.2 Å². The molecule has 1 heterocycles. The van der Waals surface area contributed by atoms with Gasteiger partial charge in [0.25, 0.3) is 0 Å². The number of nitrogens with one attached hydrogen (secondary N) is 3. The number of anilines is 2. The Morgan fingerprint density at radius 1 is 1.03 bits per heavy atom. The van der Waals surface area contributed by atoms with Crippen LogP contribution in [0.1, 0.15) is 24.5 Å². The second kappa shape index (κ2) is 10.6. The number of nitrogens with zero attached hydrogens (tertiary/aromatic N) is 2. The summed E-state index contributed by atoms with van der Waals surface area (Å²) in [4.78, 5) is 28.3. The van der Waals surface area contributed by atoms with Crippen LogP contribution in [-0.4, -0.2) is 40.3 Å². The first-order chi connectivity index (χ1) is 15.8. The van der Waals surface area contributed by atoms with Crippen molar-refractivity contribution >= 4 is 40.6 Å². The Morgan fingerprint density at radius 3 is 2.15 bits per heavy atom. The lowest BCUT2D eigenvalue weighted by molar-refractivity contribution is -0.144. The van der Waals surface area contributed by atoms with Gasteiger partial charge >= 0.3 is 17.8 Å². The van der Waals surface area contributed by atoms with E-state index >= 15 is 0 Å². The van der Waals surface area contributed by atoms with Crippen molar-refractivity contribution in [1.29, 1.82) is 0 Å². The van der Waals surface area contributed by atoms with E-state index in [-0.39, 0.29) is 23.5 Å². The van der Waals surface area contributed by atoms with Crippen LogP contribution in [0.2, 0.25) is 0 Å². The van der Waals surface area contributed by atoms with Crippen LogP contribution >= 0.6 is 12.2 Å². The first-order valence-corrected chi connectivity index (χ1v) is 10.3. The highest BCUT2D eigenvalue weighted by molar-refractivity contribution is 7.80. The molecule has 0 fully saturated rings. The zero-order valence-electron chi connectivity index (χ0n) is 18.1. The summed E-state index contributed by atoms with van der Waals surface area (Å²) in [5, 5.41) is 12.7. The van der Waals surface area contributed by atoms with Gasteiger partial charge in [0.2, 0.25) is 5.82 Å². The molecule has 1 amide bonds. The van der Waals surface area contributed by atoms with Crippen molar-refractivity contribution in [1.82, 2.24) is 15.5 Å². The van der Waals surface area contributed by atoms with Crippen LogP contribution in [0.3, 0.4) is 0 Å². The number of carbonyl (C=O) groups excluding carboxylic acids is 2. The highest BCUT2D eigenvalue weighted by Gasteiger charge is 2.27. The fourth-order valence-corrected chi connectivity index (χ4v) is 3.03. The van der Waals surface area contributed by atoms with E-state index in [1.165, 1.54) is 19.2 Å². The largest absolute Gasteiger partial charge is 0.467 e. The van der Waals surface area contributed by atoms with Crippen LogP contribution in [0.5, 0.6) is 0 Å². The lowest BCUT2D eigenvalue weighted by atomic mass is 10.0. The Bertz CT molecular complexity index is 1130. The number of ether oxygens (including phenoxy) is 1. The third kappa shape index (κ3) is 6.32. The Morgan fingerprint density at radius 2 is 1.61 bits per heavy atom. The molecule has 9 nitrogen and oxygen atoms in total. The quantitative estimate of drug-likeness (QED) is 0.351. The first-order valence-electron chi connectivity index (χ1n) is 9.93. The number of methoxy groups -OCH3 is 1. The summed E-state index contributed by atoms with van der Waals surface area (Å²) in [7, 11) is 1.25. The van der Waals surface area contributed by atoms with E-state index in [4.69, 9.17) is 21.5 Å². The van der Waals surface area contributed by atoms with Crippen molar-refractivity contribution in [3.8, 4) is 11.4 Å². The predicted octanol–water partition coefficient (Wildman–Crippen LogP) is 3.61. The molecule has 1 aromatic heterocycles. The fraction of sp³-hybridized carbons (Fsp3) is 0.227. The average molecular weight is 472 g/mol. The lowest BCUT2D eigenvalue weighted by Crippen LogP contribution is -2.45. The minimum absolute atomic E-state index is 0.188. The van der Waals surface area contributed by atoms with E-state index < -0.39 is 17.9 Å².